The van der Waals surface area contributed by atoms with Crippen LogP contribution in [-0.2, 0) is 0 Å². The summed E-state index contributed by atoms with van der Waals surface area (Å²) in [6, 6.07) is 52.9. The van der Waals surface area contributed by atoms with Gasteiger partial charge in [0.05, 0.1) is 40.4 Å². The number of nitriles is 1. The zero-order chi connectivity index (χ0) is 32.6. The standard InChI is InChI=1S/C44H24N4S/c1-46-36-24-27(26-45)23-35(43(36)48-37-17-6-2-13-30(37)31-14-3-7-18-38(31)48)28-11-10-12-29(25-28)47-39-19-8-4-16-34(39)42-40(47)22-21-33-32-15-5-9-20-41(32)49-44(33)42/h2-25H. The SMILES string of the molecule is [C-]#[N+]c1cc(C#N)cc(-c2cccc(-n3c4ccccc4c4c5sc6ccccc6c5ccc43)c2)c1-n1c2ccccc2c2ccccc21. The predicted molar refractivity (Wildman–Crippen MR) is 204 cm³/mol. The molecular weight excluding hydrogens is 617 g/mol. The monoisotopic (exact) mass is 640 g/mol. The van der Waals surface area contributed by atoms with Crippen LogP contribution in [0.3, 0.4) is 0 Å². The van der Waals surface area contributed by atoms with E-state index in [9.17, 15) is 5.26 Å². The van der Waals surface area contributed by atoms with Gasteiger partial charge in [0.1, 0.15) is 0 Å². The molecule has 226 valence electrons. The fourth-order valence-electron chi connectivity index (χ4n) is 7.71. The molecule has 0 N–H and O–H groups in total. The molecule has 0 saturated carbocycles. The number of hydrogen-bond donors (Lipinski definition) is 0. The number of fused-ring (bicyclic) bond motifs is 10. The van der Waals surface area contributed by atoms with Gasteiger partial charge in [-0.05, 0) is 65.7 Å². The highest BCUT2D eigenvalue weighted by Gasteiger charge is 2.22. The summed E-state index contributed by atoms with van der Waals surface area (Å²) in [7, 11) is 0. The van der Waals surface area contributed by atoms with E-state index < -0.39 is 0 Å². The van der Waals surface area contributed by atoms with Crippen molar-refractivity contribution in [1.82, 2.24) is 9.13 Å². The van der Waals surface area contributed by atoms with Crippen molar-refractivity contribution in [3.63, 3.8) is 0 Å². The Morgan fingerprint density at radius 2 is 1.22 bits per heavy atom. The number of rotatable bonds is 3. The average Bonchev–Trinajstić information content (AvgIpc) is 3.82. The van der Waals surface area contributed by atoms with Gasteiger partial charge in [-0.25, -0.2) is 4.85 Å². The third-order valence-electron chi connectivity index (χ3n) is 9.74. The second-order valence-electron chi connectivity index (χ2n) is 12.3. The van der Waals surface area contributed by atoms with Crippen LogP contribution >= 0.6 is 11.3 Å². The predicted octanol–water partition coefficient (Wildman–Crippen LogP) is 12.3. The van der Waals surface area contributed by atoms with Gasteiger partial charge in [0.2, 0.25) is 5.69 Å². The van der Waals surface area contributed by atoms with Gasteiger partial charge in [0.25, 0.3) is 0 Å². The Morgan fingerprint density at radius 1 is 0.571 bits per heavy atom. The fraction of sp³-hybridized carbons (Fsp3) is 0. The Kier molecular flexibility index (Phi) is 5.84. The fourth-order valence-corrected chi connectivity index (χ4v) is 8.97. The van der Waals surface area contributed by atoms with Crippen molar-refractivity contribution in [2.24, 2.45) is 0 Å². The van der Waals surface area contributed by atoms with Crippen LogP contribution in [0.2, 0.25) is 0 Å². The van der Waals surface area contributed by atoms with Crippen LogP contribution in [0.25, 0.3) is 91.1 Å². The van der Waals surface area contributed by atoms with Gasteiger partial charge in [0, 0.05) is 53.0 Å². The highest BCUT2D eigenvalue weighted by atomic mass is 32.1. The molecule has 0 spiro atoms. The molecule has 0 aliphatic rings. The molecule has 0 fully saturated rings. The van der Waals surface area contributed by atoms with Crippen molar-refractivity contribution in [3.05, 3.63) is 163 Å². The largest absolute Gasteiger partial charge is 0.318 e. The van der Waals surface area contributed by atoms with Crippen LogP contribution in [0.5, 0.6) is 0 Å². The highest BCUT2D eigenvalue weighted by molar-refractivity contribution is 7.26. The normalized spacial score (nSPS) is 11.6. The van der Waals surface area contributed by atoms with Gasteiger partial charge >= 0.3 is 0 Å². The van der Waals surface area contributed by atoms with Gasteiger partial charge in [0.15, 0.2) is 0 Å². The molecule has 4 nitrogen and oxygen atoms in total. The summed E-state index contributed by atoms with van der Waals surface area (Å²) >= 11 is 1.85. The lowest BCUT2D eigenvalue weighted by atomic mass is 9.98. The Hall–Kier alpha value is -6.66. The Balaban J connectivity index is 1.28. The highest BCUT2D eigenvalue weighted by Crippen LogP contribution is 2.45. The lowest BCUT2D eigenvalue weighted by Crippen LogP contribution is -2.00. The molecule has 0 aliphatic carbocycles. The maximum atomic E-state index is 10.1. The van der Waals surface area contributed by atoms with Crippen LogP contribution < -0.4 is 0 Å². The Morgan fingerprint density at radius 3 is 1.94 bits per heavy atom. The quantitative estimate of drug-likeness (QED) is 0.177. The molecule has 0 amide bonds. The summed E-state index contributed by atoms with van der Waals surface area (Å²) in [6.07, 6.45) is 0. The van der Waals surface area contributed by atoms with Gasteiger partial charge in [-0.1, -0.05) is 91.0 Å². The second kappa shape index (κ2) is 10.4. The van der Waals surface area contributed by atoms with E-state index in [1.54, 1.807) is 6.07 Å². The van der Waals surface area contributed by atoms with Crippen LogP contribution in [-0.4, -0.2) is 9.13 Å². The molecule has 7 aromatic carbocycles. The Labute approximate surface area is 285 Å². The van der Waals surface area contributed by atoms with Crippen molar-refractivity contribution in [1.29, 1.82) is 5.26 Å². The molecular formula is C44H24N4S. The molecule has 5 heteroatoms. The zero-order valence-corrected chi connectivity index (χ0v) is 26.9. The lowest BCUT2D eigenvalue weighted by molar-refractivity contribution is 1.17. The van der Waals surface area contributed by atoms with Crippen molar-refractivity contribution in [2.45, 2.75) is 0 Å². The molecule has 0 aliphatic heterocycles. The van der Waals surface area contributed by atoms with Crippen LogP contribution in [0.4, 0.5) is 5.69 Å². The van der Waals surface area contributed by atoms with Gasteiger partial charge in [-0.3, -0.25) is 0 Å². The van der Waals surface area contributed by atoms with E-state index >= 15 is 0 Å². The lowest BCUT2D eigenvalue weighted by Gasteiger charge is -2.18. The van der Waals surface area contributed by atoms with Gasteiger partial charge < -0.3 is 9.13 Å². The molecule has 3 heterocycles. The second-order valence-corrected chi connectivity index (χ2v) is 13.4. The number of aromatic nitrogens is 2. The Bertz CT molecular complexity index is 3030. The minimum absolute atomic E-state index is 0.440. The number of nitrogens with zero attached hydrogens (tertiary/aromatic N) is 4. The minimum Gasteiger partial charge on any atom is -0.318 e. The van der Waals surface area contributed by atoms with E-state index in [4.69, 9.17) is 6.57 Å². The van der Waals surface area contributed by atoms with Crippen molar-refractivity contribution in [2.75, 3.05) is 0 Å². The molecule has 0 saturated heterocycles. The smallest absolute Gasteiger partial charge is 0.212 e. The molecule has 0 radical (unpaired) electrons. The molecule has 0 atom stereocenters. The number of hydrogen-bond acceptors (Lipinski definition) is 2. The zero-order valence-electron chi connectivity index (χ0n) is 26.1. The van der Waals surface area contributed by atoms with Crippen LogP contribution in [0, 0.1) is 17.9 Å². The van der Waals surface area contributed by atoms with E-state index in [1.165, 1.54) is 30.9 Å². The van der Waals surface area contributed by atoms with E-state index in [0.717, 1.165) is 55.3 Å². The molecule has 0 bridgehead atoms. The van der Waals surface area contributed by atoms with Crippen molar-refractivity contribution in [3.8, 4) is 28.6 Å². The first-order valence-corrected chi connectivity index (χ1v) is 16.9. The summed E-state index contributed by atoms with van der Waals surface area (Å²) in [5.41, 5.74) is 8.78. The summed E-state index contributed by atoms with van der Waals surface area (Å²) in [5.74, 6) is 0. The molecule has 10 rings (SSSR count). The summed E-state index contributed by atoms with van der Waals surface area (Å²) < 4.78 is 7.12. The minimum atomic E-state index is 0.440. The summed E-state index contributed by atoms with van der Waals surface area (Å²) in [4.78, 5) is 4.01. The van der Waals surface area contributed by atoms with E-state index in [-0.39, 0.29) is 0 Å². The van der Waals surface area contributed by atoms with E-state index in [1.807, 2.05) is 29.5 Å². The van der Waals surface area contributed by atoms with E-state index in [0.29, 0.717) is 11.3 Å². The molecule has 0 unspecified atom stereocenters. The third kappa shape index (κ3) is 3.88. The third-order valence-corrected chi connectivity index (χ3v) is 10.9. The summed E-state index contributed by atoms with van der Waals surface area (Å²) in [5, 5.41) is 17.4. The van der Waals surface area contributed by atoms with Gasteiger partial charge in [-0.2, -0.15) is 5.26 Å². The topological polar surface area (TPSA) is 38.0 Å². The van der Waals surface area contributed by atoms with E-state index in [2.05, 4.69) is 141 Å². The summed E-state index contributed by atoms with van der Waals surface area (Å²) in [6.45, 7) is 8.28. The van der Waals surface area contributed by atoms with Crippen molar-refractivity contribution >= 4 is 80.8 Å². The number of thiophene rings is 1. The molecule has 3 aromatic heterocycles. The number of benzene rings is 7. The maximum absolute atomic E-state index is 10.1. The first-order valence-electron chi connectivity index (χ1n) is 16.1. The first kappa shape index (κ1) is 27.5. The van der Waals surface area contributed by atoms with Crippen LogP contribution in [0.15, 0.2) is 146 Å². The first-order chi connectivity index (χ1) is 24.2. The van der Waals surface area contributed by atoms with Crippen LogP contribution in [0.1, 0.15) is 5.56 Å². The van der Waals surface area contributed by atoms with Gasteiger partial charge in [-0.15, -0.1) is 11.3 Å². The number of para-hydroxylation sites is 3. The molecule has 10 aromatic rings. The maximum Gasteiger partial charge on any atom is 0.212 e. The average molecular weight is 641 g/mol. The molecule has 49 heavy (non-hydrogen) atoms. The van der Waals surface area contributed by atoms with Crippen molar-refractivity contribution < 1.29 is 0 Å².